The number of imidazole rings is 1. The maximum atomic E-state index is 5.62. The van der Waals surface area contributed by atoms with Crippen LogP contribution in [0.2, 0.25) is 0 Å². The highest BCUT2D eigenvalue weighted by Crippen LogP contribution is 2.56. The van der Waals surface area contributed by atoms with Gasteiger partial charge in [0.1, 0.15) is 0 Å². The Labute approximate surface area is 123 Å². The zero-order chi connectivity index (χ0) is 13.8. The molecular formula is C16H20N4O. The molecule has 110 valence electrons. The van der Waals surface area contributed by atoms with Gasteiger partial charge in [-0.3, -0.25) is 0 Å². The molecule has 5 nitrogen and oxygen atoms in total. The molecule has 3 heterocycles. The number of aryl methyl sites for hydroxylation is 1. The van der Waals surface area contributed by atoms with Crippen LogP contribution in [0.5, 0.6) is 0 Å². The highest BCUT2D eigenvalue weighted by Gasteiger charge is 2.47. The molecule has 2 aliphatic carbocycles. The number of hydrogen-bond donors (Lipinski definition) is 0. The molecule has 0 N–H and O–H groups in total. The van der Waals surface area contributed by atoms with E-state index in [1.165, 1.54) is 31.4 Å². The van der Waals surface area contributed by atoms with Crippen molar-refractivity contribution in [3.8, 4) is 0 Å². The van der Waals surface area contributed by atoms with E-state index in [0.717, 1.165) is 42.9 Å². The third kappa shape index (κ3) is 1.93. The largest absolute Gasteiger partial charge is 0.339 e. The van der Waals surface area contributed by atoms with Gasteiger partial charge in [0.2, 0.25) is 5.89 Å². The summed E-state index contributed by atoms with van der Waals surface area (Å²) in [4.78, 5) is 9.00. The standard InChI is InChI=1S/C16H20N4O/c1-2-10-6-14(10)13(3-1)15-18-16(21-19-15)11-4-5-12-7-17-9-20(12)8-11/h7,9-11,13-14H,1-6,8H2. The summed E-state index contributed by atoms with van der Waals surface area (Å²) in [5, 5.41) is 4.32. The van der Waals surface area contributed by atoms with Crippen molar-refractivity contribution in [2.45, 2.75) is 56.9 Å². The van der Waals surface area contributed by atoms with Crippen LogP contribution >= 0.6 is 0 Å². The van der Waals surface area contributed by atoms with E-state index < -0.39 is 0 Å². The van der Waals surface area contributed by atoms with Crippen LogP contribution in [-0.2, 0) is 13.0 Å². The first kappa shape index (κ1) is 12.0. The smallest absolute Gasteiger partial charge is 0.231 e. The predicted octanol–water partition coefficient (Wildman–Crippen LogP) is 2.90. The van der Waals surface area contributed by atoms with E-state index in [9.17, 15) is 0 Å². The van der Waals surface area contributed by atoms with Gasteiger partial charge in [0.25, 0.3) is 0 Å². The molecule has 5 rings (SSSR count). The normalized spacial score (nSPS) is 34.3. The molecule has 3 aliphatic rings. The first-order valence-corrected chi connectivity index (χ1v) is 8.21. The van der Waals surface area contributed by atoms with Gasteiger partial charge in [0, 0.05) is 24.4 Å². The fraction of sp³-hybridized carbons (Fsp3) is 0.688. The Balaban J connectivity index is 1.37. The lowest BCUT2D eigenvalue weighted by atomic mass is 9.88. The van der Waals surface area contributed by atoms with Crippen LogP contribution in [0.15, 0.2) is 17.0 Å². The average molecular weight is 284 g/mol. The van der Waals surface area contributed by atoms with Crippen LogP contribution in [0.3, 0.4) is 0 Å². The van der Waals surface area contributed by atoms with Crippen LogP contribution in [-0.4, -0.2) is 19.7 Å². The van der Waals surface area contributed by atoms with Crippen molar-refractivity contribution in [3.05, 3.63) is 29.9 Å². The summed E-state index contributed by atoms with van der Waals surface area (Å²) in [6.45, 7) is 0.924. The molecule has 2 saturated carbocycles. The molecule has 4 unspecified atom stereocenters. The molecule has 2 fully saturated rings. The van der Waals surface area contributed by atoms with Crippen LogP contribution in [0.4, 0.5) is 0 Å². The maximum absolute atomic E-state index is 5.62. The van der Waals surface area contributed by atoms with E-state index in [4.69, 9.17) is 9.51 Å². The second-order valence-electron chi connectivity index (χ2n) is 6.96. The van der Waals surface area contributed by atoms with E-state index >= 15 is 0 Å². The summed E-state index contributed by atoms with van der Waals surface area (Å²) in [6.07, 6.45) is 11.4. The van der Waals surface area contributed by atoms with Crippen molar-refractivity contribution < 1.29 is 4.52 Å². The molecule has 0 aromatic carbocycles. The highest BCUT2D eigenvalue weighted by atomic mass is 16.5. The van der Waals surface area contributed by atoms with Crippen LogP contribution < -0.4 is 0 Å². The summed E-state index contributed by atoms with van der Waals surface area (Å²) in [5.41, 5.74) is 1.32. The van der Waals surface area contributed by atoms with Gasteiger partial charge in [-0.15, -0.1) is 0 Å². The molecule has 0 amide bonds. The van der Waals surface area contributed by atoms with E-state index in [1.807, 2.05) is 12.5 Å². The monoisotopic (exact) mass is 284 g/mol. The molecule has 2 aromatic rings. The van der Waals surface area contributed by atoms with Crippen LogP contribution in [0.1, 0.15) is 61.3 Å². The van der Waals surface area contributed by atoms with Crippen molar-refractivity contribution in [1.29, 1.82) is 0 Å². The third-order valence-corrected chi connectivity index (χ3v) is 5.69. The van der Waals surface area contributed by atoms with Crippen molar-refractivity contribution in [2.24, 2.45) is 11.8 Å². The molecule has 2 aromatic heterocycles. The van der Waals surface area contributed by atoms with E-state index in [1.54, 1.807) is 0 Å². The number of fused-ring (bicyclic) bond motifs is 2. The second kappa shape index (κ2) is 4.42. The summed E-state index contributed by atoms with van der Waals surface area (Å²) >= 11 is 0. The van der Waals surface area contributed by atoms with E-state index in [2.05, 4.69) is 14.7 Å². The summed E-state index contributed by atoms with van der Waals surface area (Å²) in [7, 11) is 0. The molecule has 0 radical (unpaired) electrons. The Morgan fingerprint density at radius 3 is 3.24 bits per heavy atom. The molecule has 4 atom stereocenters. The van der Waals surface area contributed by atoms with Gasteiger partial charge in [0.15, 0.2) is 5.82 Å². The summed E-state index contributed by atoms with van der Waals surface area (Å²) in [6, 6.07) is 0. The third-order valence-electron chi connectivity index (χ3n) is 5.69. The lowest BCUT2D eigenvalue weighted by Gasteiger charge is -2.21. The minimum Gasteiger partial charge on any atom is -0.339 e. The minimum absolute atomic E-state index is 0.353. The average Bonchev–Trinajstić information content (AvgIpc) is 2.96. The Hall–Kier alpha value is -1.65. The van der Waals surface area contributed by atoms with Crippen molar-refractivity contribution in [2.75, 3.05) is 0 Å². The number of rotatable bonds is 2. The van der Waals surface area contributed by atoms with Crippen molar-refractivity contribution >= 4 is 0 Å². The van der Waals surface area contributed by atoms with E-state index in [0.29, 0.717) is 11.8 Å². The van der Waals surface area contributed by atoms with Crippen molar-refractivity contribution in [1.82, 2.24) is 19.7 Å². The van der Waals surface area contributed by atoms with Gasteiger partial charge in [-0.2, -0.15) is 4.98 Å². The number of hydrogen-bond acceptors (Lipinski definition) is 4. The predicted molar refractivity (Wildman–Crippen MR) is 75.8 cm³/mol. The van der Waals surface area contributed by atoms with Gasteiger partial charge in [-0.1, -0.05) is 18.0 Å². The lowest BCUT2D eigenvalue weighted by molar-refractivity contribution is 0.310. The number of nitrogens with zero attached hydrogens (tertiary/aromatic N) is 4. The first-order valence-electron chi connectivity index (χ1n) is 8.21. The minimum atomic E-state index is 0.353. The second-order valence-corrected chi connectivity index (χ2v) is 6.96. The Morgan fingerprint density at radius 1 is 1.24 bits per heavy atom. The molecule has 1 aliphatic heterocycles. The first-order chi connectivity index (χ1) is 10.4. The molecule has 0 spiro atoms. The van der Waals surface area contributed by atoms with Crippen LogP contribution in [0, 0.1) is 11.8 Å². The van der Waals surface area contributed by atoms with Crippen LogP contribution in [0.25, 0.3) is 0 Å². The molecular weight excluding hydrogens is 264 g/mol. The Bertz CT molecular complexity index is 661. The molecule has 5 heteroatoms. The van der Waals surface area contributed by atoms with E-state index in [-0.39, 0.29) is 0 Å². The maximum Gasteiger partial charge on any atom is 0.231 e. The Kier molecular flexibility index (Phi) is 2.52. The quantitative estimate of drug-likeness (QED) is 0.851. The summed E-state index contributed by atoms with van der Waals surface area (Å²) < 4.78 is 7.84. The molecule has 0 saturated heterocycles. The van der Waals surface area contributed by atoms with Gasteiger partial charge in [0.05, 0.1) is 12.2 Å². The van der Waals surface area contributed by atoms with Crippen molar-refractivity contribution in [3.63, 3.8) is 0 Å². The van der Waals surface area contributed by atoms with Gasteiger partial charge in [-0.05, 0) is 37.5 Å². The summed E-state index contributed by atoms with van der Waals surface area (Å²) in [5.74, 6) is 4.53. The highest BCUT2D eigenvalue weighted by molar-refractivity contribution is 5.11. The van der Waals surface area contributed by atoms with Gasteiger partial charge < -0.3 is 9.09 Å². The number of aromatic nitrogens is 4. The Morgan fingerprint density at radius 2 is 2.24 bits per heavy atom. The SMILES string of the molecule is c1ncn2c1CCC(c1nc(C3CCCC4CC43)no1)C2. The zero-order valence-electron chi connectivity index (χ0n) is 12.1. The fourth-order valence-electron chi connectivity index (χ4n) is 4.37. The fourth-order valence-corrected chi connectivity index (χ4v) is 4.37. The lowest BCUT2D eigenvalue weighted by Crippen LogP contribution is -2.18. The topological polar surface area (TPSA) is 56.7 Å². The molecule has 21 heavy (non-hydrogen) atoms. The zero-order valence-corrected chi connectivity index (χ0v) is 12.1. The molecule has 0 bridgehead atoms. The van der Waals surface area contributed by atoms with Gasteiger partial charge >= 0.3 is 0 Å². The van der Waals surface area contributed by atoms with Gasteiger partial charge in [-0.25, -0.2) is 4.98 Å².